The standard InChI is InChI=1S/C16H24N2O3/c1-3-16(8-4-5-9-16)12-17-11-13-6-7-15(21-2)14(10-13)18(19)20/h6-7,10,17H,3-5,8-9,11-12H2,1-2H3. The Morgan fingerprint density at radius 1 is 1.38 bits per heavy atom. The SMILES string of the molecule is CCC1(CNCc2ccc(OC)c([N+](=O)[O-])c2)CCCC1. The first-order valence-electron chi connectivity index (χ1n) is 7.62. The third-order valence-electron chi connectivity index (χ3n) is 4.68. The number of nitrogens with one attached hydrogen (secondary N) is 1. The highest BCUT2D eigenvalue weighted by molar-refractivity contribution is 5.48. The lowest BCUT2D eigenvalue weighted by Gasteiger charge is -2.27. The third-order valence-corrected chi connectivity index (χ3v) is 4.68. The number of benzene rings is 1. The molecule has 0 heterocycles. The molecule has 1 saturated carbocycles. The summed E-state index contributed by atoms with van der Waals surface area (Å²) in [6, 6.07) is 5.14. The fourth-order valence-corrected chi connectivity index (χ4v) is 3.24. The van der Waals surface area contributed by atoms with E-state index in [1.54, 1.807) is 12.1 Å². The number of hydrogen-bond donors (Lipinski definition) is 1. The van der Waals surface area contributed by atoms with Crippen molar-refractivity contribution in [3.63, 3.8) is 0 Å². The van der Waals surface area contributed by atoms with E-state index in [9.17, 15) is 10.1 Å². The van der Waals surface area contributed by atoms with Gasteiger partial charge in [0.1, 0.15) is 0 Å². The van der Waals surface area contributed by atoms with E-state index in [1.807, 2.05) is 6.07 Å². The van der Waals surface area contributed by atoms with E-state index in [0.717, 1.165) is 12.1 Å². The van der Waals surface area contributed by atoms with Crippen LogP contribution in [0.3, 0.4) is 0 Å². The van der Waals surface area contributed by atoms with Crippen molar-refractivity contribution in [2.45, 2.75) is 45.6 Å². The Morgan fingerprint density at radius 2 is 2.10 bits per heavy atom. The van der Waals surface area contributed by atoms with Gasteiger partial charge in [0.2, 0.25) is 0 Å². The maximum absolute atomic E-state index is 11.0. The fraction of sp³-hybridized carbons (Fsp3) is 0.625. The summed E-state index contributed by atoms with van der Waals surface area (Å²) in [7, 11) is 1.45. The van der Waals surface area contributed by atoms with Gasteiger partial charge in [-0.1, -0.05) is 25.8 Å². The zero-order valence-corrected chi connectivity index (χ0v) is 12.9. The summed E-state index contributed by atoms with van der Waals surface area (Å²) in [6.45, 7) is 3.90. The van der Waals surface area contributed by atoms with Crippen LogP contribution in [0.5, 0.6) is 5.75 Å². The quantitative estimate of drug-likeness (QED) is 0.615. The van der Waals surface area contributed by atoms with Gasteiger partial charge < -0.3 is 10.1 Å². The summed E-state index contributed by atoms with van der Waals surface area (Å²) in [5.74, 6) is 0.310. The van der Waals surface area contributed by atoms with Crippen molar-refractivity contribution in [2.24, 2.45) is 5.41 Å². The molecule has 1 aliphatic rings. The van der Waals surface area contributed by atoms with E-state index in [4.69, 9.17) is 4.74 Å². The first kappa shape index (κ1) is 15.8. The van der Waals surface area contributed by atoms with Crippen LogP contribution in [0.4, 0.5) is 5.69 Å². The molecule has 1 aliphatic carbocycles. The summed E-state index contributed by atoms with van der Waals surface area (Å²) in [5.41, 5.74) is 1.38. The molecule has 0 unspecified atom stereocenters. The zero-order chi connectivity index (χ0) is 15.3. The van der Waals surface area contributed by atoms with Crippen molar-refractivity contribution < 1.29 is 9.66 Å². The van der Waals surface area contributed by atoms with Crippen LogP contribution >= 0.6 is 0 Å². The Labute approximate surface area is 125 Å². The summed E-state index contributed by atoms with van der Waals surface area (Å²) in [6.07, 6.45) is 6.42. The number of hydrogen-bond acceptors (Lipinski definition) is 4. The molecule has 0 spiro atoms. The van der Waals surface area contributed by atoms with Crippen LogP contribution in [0.1, 0.15) is 44.6 Å². The molecule has 5 nitrogen and oxygen atoms in total. The molecule has 0 bridgehead atoms. The van der Waals surface area contributed by atoms with Crippen LogP contribution in [-0.4, -0.2) is 18.6 Å². The van der Waals surface area contributed by atoms with Gasteiger partial charge >= 0.3 is 5.69 Å². The average molecular weight is 292 g/mol. The highest BCUT2D eigenvalue weighted by atomic mass is 16.6. The van der Waals surface area contributed by atoms with Gasteiger partial charge in [0.05, 0.1) is 12.0 Å². The van der Waals surface area contributed by atoms with E-state index in [1.165, 1.54) is 39.2 Å². The molecule has 0 aliphatic heterocycles. The minimum Gasteiger partial charge on any atom is -0.490 e. The number of nitro groups is 1. The number of methoxy groups -OCH3 is 1. The van der Waals surface area contributed by atoms with Crippen LogP contribution < -0.4 is 10.1 Å². The monoisotopic (exact) mass is 292 g/mol. The highest BCUT2D eigenvalue weighted by Crippen LogP contribution is 2.40. The maximum atomic E-state index is 11.0. The molecule has 0 saturated heterocycles. The third kappa shape index (κ3) is 3.73. The largest absolute Gasteiger partial charge is 0.490 e. The van der Waals surface area contributed by atoms with Crippen LogP contribution in [-0.2, 0) is 6.54 Å². The second kappa shape index (κ2) is 6.89. The minimum absolute atomic E-state index is 0.0304. The summed E-state index contributed by atoms with van der Waals surface area (Å²) in [5, 5.41) is 14.5. The van der Waals surface area contributed by atoms with Crippen LogP contribution in [0.25, 0.3) is 0 Å². The lowest BCUT2D eigenvalue weighted by molar-refractivity contribution is -0.385. The molecular formula is C16H24N2O3. The average Bonchev–Trinajstić information content (AvgIpc) is 2.96. The second-order valence-corrected chi connectivity index (χ2v) is 5.93. The topological polar surface area (TPSA) is 64.4 Å². The summed E-state index contributed by atoms with van der Waals surface area (Å²) < 4.78 is 5.02. The van der Waals surface area contributed by atoms with Crippen molar-refractivity contribution in [3.8, 4) is 5.75 Å². The van der Waals surface area contributed by atoms with Crippen molar-refractivity contribution in [1.82, 2.24) is 5.32 Å². The van der Waals surface area contributed by atoms with E-state index in [2.05, 4.69) is 12.2 Å². The Balaban J connectivity index is 1.97. The van der Waals surface area contributed by atoms with Crippen molar-refractivity contribution >= 4 is 5.69 Å². The summed E-state index contributed by atoms with van der Waals surface area (Å²) >= 11 is 0. The molecule has 21 heavy (non-hydrogen) atoms. The molecule has 0 amide bonds. The minimum atomic E-state index is -0.396. The molecule has 0 radical (unpaired) electrons. The predicted octanol–water partition coefficient (Wildman–Crippen LogP) is 3.66. The van der Waals surface area contributed by atoms with Gasteiger partial charge in [0.25, 0.3) is 0 Å². The molecule has 1 N–H and O–H groups in total. The Kier molecular flexibility index (Phi) is 5.17. The smallest absolute Gasteiger partial charge is 0.311 e. The van der Waals surface area contributed by atoms with E-state index < -0.39 is 4.92 Å². The molecule has 1 aromatic rings. The van der Waals surface area contributed by atoms with Crippen LogP contribution in [0, 0.1) is 15.5 Å². The highest BCUT2D eigenvalue weighted by Gasteiger charge is 2.31. The normalized spacial score (nSPS) is 16.9. The second-order valence-electron chi connectivity index (χ2n) is 5.93. The Bertz CT molecular complexity index is 496. The van der Waals surface area contributed by atoms with Gasteiger partial charge in [-0.05, 0) is 36.3 Å². The zero-order valence-electron chi connectivity index (χ0n) is 12.9. The van der Waals surface area contributed by atoms with E-state index in [0.29, 0.717) is 17.7 Å². The molecule has 5 heteroatoms. The van der Waals surface area contributed by atoms with E-state index in [-0.39, 0.29) is 5.69 Å². The Morgan fingerprint density at radius 3 is 2.67 bits per heavy atom. The molecule has 0 atom stereocenters. The molecule has 1 fully saturated rings. The number of nitro benzene ring substituents is 1. The first-order valence-corrected chi connectivity index (χ1v) is 7.62. The van der Waals surface area contributed by atoms with Crippen LogP contribution in [0.2, 0.25) is 0 Å². The fourth-order valence-electron chi connectivity index (χ4n) is 3.24. The molecule has 1 aromatic carbocycles. The lowest BCUT2D eigenvalue weighted by Crippen LogP contribution is -2.31. The predicted molar refractivity (Wildman–Crippen MR) is 82.5 cm³/mol. The number of nitrogens with zero attached hydrogens (tertiary/aromatic N) is 1. The summed E-state index contributed by atoms with van der Waals surface area (Å²) in [4.78, 5) is 10.6. The number of rotatable bonds is 7. The van der Waals surface area contributed by atoms with Crippen LogP contribution in [0.15, 0.2) is 18.2 Å². The molecular weight excluding hydrogens is 268 g/mol. The lowest BCUT2D eigenvalue weighted by atomic mass is 9.83. The van der Waals surface area contributed by atoms with Gasteiger partial charge in [-0.15, -0.1) is 0 Å². The van der Waals surface area contributed by atoms with Gasteiger partial charge in [-0.2, -0.15) is 0 Å². The molecule has 2 rings (SSSR count). The van der Waals surface area contributed by atoms with Gasteiger partial charge in [0.15, 0.2) is 5.75 Å². The van der Waals surface area contributed by atoms with Gasteiger partial charge in [-0.3, -0.25) is 10.1 Å². The maximum Gasteiger partial charge on any atom is 0.311 e. The molecule has 116 valence electrons. The van der Waals surface area contributed by atoms with Crippen molar-refractivity contribution in [1.29, 1.82) is 0 Å². The Hall–Kier alpha value is -1.62. The van der Waals surface area contributed by atoms with Gasteiger partial charge in [-0.25, -0.2) is 0 Å². The first-order chi connectivity index (χ1) is 10.1. The van der Waals surface area contributed by atoms with E-state index >= 15 is 0 Å². The number of ether oxygens (including phenoxy) is 1. The van der Waals surface area contributed by atoms with Crippen molar-refractivity contribution in [3.05, 3.63) is 33.9 Å². The van der Waals surface area contributed by atoms with Crippen molar-refractivity contribution in [2.75, 3.05) is 13.7 Å². The molecule has 0 aromatic heterocycles. The van der Waals surface area contributed by atoms with Gasteiger partial charge in [0, 0.05) is 19.2 Å².